The lowest BCUT2D eigenvalue weighted by Crippen LogP contribution is -2.23. The molecule has 2 aromatic heterocycles. The third-order valence-electron chi connectivity index (χ3n) is 5.20. The Balaban J connectivity index is 1.64. The van der Waals surface area contributed by atoms with Crippen LogP contribution in [0.25, 0.3) is 16.7 Å². The van der Waals surface area contributed by atoms with Gasteiger partial charge in [0, 0.05) is 17.4 Å². The number of carbonyl (C=O) groups excluding carboxylic acids is 1. The number of H-pyrrole nitrogens is 1. The molecule has 0 bridgehead atoms. The first-order valence-corrected chi connectivity index (χ1v) is 11.8. The zero-order valence-electron chi connectivity index (χ0n) is 19.8. The Bertz CT molecular complexity index is 1410. The molecule has 0 fully saturated rings. The standard InChI is InChI=1S/C24H26N6O4S/c1-5-34-16-8-6-15(7-9-16)30-22(25)21-14(2)28-29-23(21)27-24(30)35-13-20(31)26-18-12-17(32-3)10-11-19(18)33-4/h6-12,25H,5,13H2,1-4H3,(H,26,31)(H,28,29). The summed E-state index contributed by atoms with van der Waals surface area (Å²) >= 11 is 1.21. The lowest BCUT2D eigenvalue weighted by Gasteiger charge is -2.15. The van der Waals surface area contributed by atoms with Crippen LogP contribution >= 0.6 is 11.8 Å². The van der Waals surface area contributed by atoms with E-state index in [-0.39, 0.29) is 17.1 Å². The van der Waals surface area contributed by atoms with E-state index in [9.17, 15) is 4.79 Å². The van der Waals surface area contributed by atoms with Crippen LogP contribution in [0.4, 0.5) is 5.69 Å². The minimum atomic E-state index is -0.258. The highest BCUT2D eigenvalue weighted by Gasteiger charge is 2.17. The van der Waals surface area contributed by atoms with Gasteiger partial charge in [0.05, 0.1) is 37.7 Å². The quantitative estimate of drug-likeness (QED) is 0.239. The second-order valence-corrected chi connectivity index (χ2v) is 8.40. The molecule has 0 spiro atoms. The van der Waals surface area contributed by atoms with E-state index in [4.69, 9.17) is 19.6 Å². The zero-order valence-corrected chi connectivity index (χ0v) is 20.7. The smallest absolute Gasteiger partial charge is 0.234 e. The van der Waals surface area contributed by atoms with Gasteiger partial charge >= 0.3 is 0 Å². The van der Waals surface area contributed by atoms with Crippen molar-refractivity contribution in [2.75, 3.05) is 31.9 Å². The third-order valence-corrected chi connectivity index (χ3v) is 6.14. The van der Waals surface area contributed by atoms with E-state index in [0.29, 0.717) is 40.0 Å². The van der Waals surface area contributed by atoms with Gasteiger partial charge in [0.2, 0.25) is 5.91 Å². The Morgan fingerprint density at radius 2 is 1.89 bits per heavy atom. The Morgan fingerprint density at radius 1 is 1.14 bits per heavy atom. The van der Waals surface area contributed by atoms with Crippen LogP contribution in [-0.4, -0.2) is 52.2 Å². The van der Waals surface area contributed by atoms with Crippen molar-refractivity contribution in [2.24, 2.45) is 0 Å². The van der Waals surface area contributed by atoms with E-state index in [0.717, 1.165) is 17.1 Å². The largest absolute Gasteiger partial charge is 0.497 e. The Hall–Kier alpha value is -3.99. The first-order valence-electron chi connectivity index (χ1n) is 10.8. The molecule has 0 saturated heterocycles. The molecule has 0 radical (unpaired) electrons. The average Bonchev–Trinajstić information content (AvgIpc) is 3.24. The minimum Gasteiger partial charge on any atom is -0.497 e. The molecule has 4 aromatic rings. The van der Waals surface area contributed by atoms with E-state index in [1.165, 1.54) is 18.9 Å². The van der Waals surface area contributed by atoms with Crippen LogP contribution in [0, 0.1) is 12.3 Å². The number of aryl methyl sites for hydroxylation is 1. The average molecular weight is 495 g/mol. The number of nitrogens with one attached hydrogen (secondary N) is 3. The van der Waals surface area contributed by atoms with Gasteiger partial charge in [-0.3, -0.25) is 19.9 Å². The highest BCUT2D eigenvalue weighted by atomic mass is 32.2. The lowest BCUT2D eigenvalue weighted by atomic mass is 10.2. The van der Waals surface area contributed by atoms with Crippen LogP contribution in [0.15, 0.2) is 47.6 Å². The normalized spacial score (nSPS) is 10.9. The Labute approximate surface area is 206 Å². The van der Waals surface area contributed by atoms with Gasteiger partial charge in [-0.2, -0.15) is 5.10 Å². The summed E-state index contributed by atoms with van der Waals surface area (Å²) in [5.41, 5.74) is 2.63. The number of rotatable bonds is 9. The molecule has 35 heavy (non-hydrogen) atoms. The molecule has 4 rings (SSSR count). The molecular formula is C24H26N6O4S. The van der Waals surface area contributed by atoms with Gasteiger partial charge in [-0.05, 0) is 50.2 Å². The minimum absolute atomic E-state index is 0.0543. The van der Waals surface area contributed by atoms with Gasteiger partial charge in [0.25, 0.3) is 0 Å². The van der Waals surface area contributed by atoms with Crippen molar-refractivity contribution in [3.05, 3.63) is 53.6 Å². The Morgan fingerprint density at radius 3 is 2.57 bits per heavy atom. The third kappa shape index (κ3) is 5.09. The van der Waals surface area contributed by atoms with Crippen molar-refractivity contribution < 1.29 is 19.0 Å². The first-order chi connectivity index (χ1) is 16.9. The van der Waals surface area contributed by atoms with Crippen molar-refractivity contribution in [3.8, 4) is 22.9 Å². The number of ether oxygens (including phenoxy) is 3. The number of hydrogen-bond donors (Lipinski definition) is 3. The Kier molecular flexibility index (Phi) is 7.25. The van der Waals surface area contributed by atoms with E-state index in [1.54, 1.807) is 29.9 Å². The van der Waals surface area contributed by atoms with Crippen LogP contribution in [0.1, 0.15) is 12.6 Å². The highest BCUT2D eigenvalue weighted by Crippen LogP contribution is 2.29. The van der Waals surface area contributed by atoms with E-state index < -0.39 is 0 Å². The number of anilines is 1. The van der Waals surface area contributed by atoms with Crippen molar-refractivity contribution in [2.45, 2.75) is 19.0 Å². The highest BCUT2D eigenvalue weighted by molar-refractivity contribution is 7.99. The first kappa shape index (κ1) is 24.1. The predicted molar refractivity (Wildman–Crippen MR) is 134 cm³/mol. The van der Waals surface area contributed by atoms with Crippen molar-refractivity contribution in [3.63, 3.8) is 0 Å². The number of aromatic amines is 1. The molecule has 10 nitrogen and oxygen atoms in total. The molecule has 0 saturated carbocycles. The molecular weight excluding hydrogens is 468 g/mol. The van der Waals surface area contributed by atoms with Gasteiger partial charge in [0.1, 0.15) is 22.7 Å². The topological polar surface area (TPSA) is 127 Å². The summed E-state index contributed by atoms with van der Waals surface area (Å²) in [6, 6.07) is 12.6. The number of thioether (sulfide) groups is 1. The van der Waals surface area contributed by atoms with Crippen LogP contribution in [0.3, 0.4) is 0 Å². The molecule has 0 aliphatic heterocycles. The molecule has 182 valence electrons. The summed E-state index contributed by atoms with van der Waals surface area (Å²) in [7, 11) is 3.09. The molecule has 0 aliphatic rings. The molecule has 1 amide bonds. The van der Waals surface area contributed by atoms with Crippen molar-refractivity contribution >= 4 is 34.4 Å². The van der Waals surface area contributed by atoms with Gasteiger partial charge < -0.3 is 19.5 Å². The van der Waals surface area contributed by atoms with Gasteiger partial charge in [-0.1, -0.05) is 11.8 Å². The molecule has 11 heteroatoms. The summed E-state index contributed by atoms with van der Waals surface area (Å²) in [6.45, 7) is 4.33. The second-order valence-electron chi connectivity index (χ2n) is 7.46. The van der Waals surface area contributed by atoms with E-state index in [2.05, 4.69) is 20.5 Å². The van der Waals surface area contributed by atoms with Gasteiger partial charge in [-0.25, -0.2) is 4.98 Å². The van der Waals surface area contributed by atoms with Crippen LogP contribution in [0.2, 0.25) is 0 Å². The van der Waals surface area contributed by atoms with Crippen molar-refractivity contribution in [1.29, 1.82) is 5.41 Å². The summed E-state index contributed by atoms with van der Waals surface area (Å²) in [5, 5.41) is 19.9. The number of hydrogen-bond acceptors (Lipinski definition) is 8. The number of amides is 1. The molecule has 2 heterocycles. The predicted octanol–water partition coefficient (Wildman–Crippen LogP) is 3.68. The van der Waals surface area contributed by atoms with Gasteiger partial charge in [-0.15, -0.1) is 0 Å². The molecule has 0 atom stereocenters. The summed E-state index contributed by atoms with van der Waals surface area (Å²) in [4.78, 5) is 17.5. The number of aromatic nitrogens is 4. The van der Waals surface area contributed by atoms with E-state index in [1.807, 2.05) is 38.1 Å². The fraction of sp³-hybridized carbons (Fsp3) is 0.250. The van der Waals surface area contributed by atoms with Crippen LogP contribution in [-0.2, 0) is 4.79 Å². The fourth-order valence-electron chi connectivity index (χ4n) is 3.55. The molecule has 3 N–H and O–H groups in total. The summed E-state index contributed by atoms with van der Waals surface area (Å²) < 4.78 is 17.8. The summed E-state index contributed by atoms with van der Waals surface area (Å²) in [5.74, 6) is 1.65. The van der Waals surface area contributed by atoms with Crippen LogP contribution < -0.4 is 25.0 Å². The number of fused-ring (bicyclic) bond motifs is 1. The lowest BCUT2D eigenvalue weighted by molar-refractivity contribution is -0.113. The van der Waals surface area contributed by atoms with Crippen LogP contribution in [0.5, 0.6) is 17.2 Å². The molecule has 2 aromatic carbocycles. The summed E-state index contributed by atoms with van der Waals surface area (Å²) in [6.07, 6.45) is 0. The van der Waals surface area contributed by atoms with E-state index >= 15 is 0 Å². The zero-order chi connectivity index (χ0) is 24.9. The monoisotopic (exact) mass is 494 g/mol. The fourth-order valence-corrected chi connectivity index (χ4v) is 4.36. The second kappa shape index (κ2) is 10.5. The number of nitrogens with zero attached hydrogens (tertiary/aromatic N) is 3. The number of methoxy groups -OCH3 is 2. The van der Waals surface area contributed by atoms with Crippen molar-refractivity contribution in [1.82, 2.24) is 19.7 Å². The molecule has 0 aliphatic carbocycles. The maximum Gasteiger partial charge on any atom is 0.234 e. The molecule has 0 unspecified atom stereocenters. The number of carbonyl (C=O) groups is 1. The van der Waals surface area contributed by atoms with Gasteiger partial charge in [0.15, 0.2) is 10.8 Å². The maximum atomic E-state index is 12.8. The maximum absolute atomic E-state index is 12.8. The SMILES string of the molecule is CCOc1ccc(-n2c(SCC(=O)Nc3cc(OC)ccc3OC)nc3n[nH]c(C)c3c2=N)cc1. The number of benzene rings is 2.